The van der Waals surface area contributed by atoms with Crippen molar-refractivity contribution in [2.24, 2.45) is 0 Å². The minimum Gasteiger partial charge on any atom is -0.465 e. The fraction of sp³-hybridized carbons (Fsp3) is 0.500. The molecule has 0 aliphatic carbocycles. The van der Waals surface area contributed by atoms with Gasteiger partial charge >= 0.3 is 5.97 Å². The number of hydrogen-bond acceptors (Lipinski definition) is 4. The van der Waals surface area contributed by atoms with Gasteiger partial charge in [0.25, 0.3) is 0 Å². The summed E-state index contributed by atoms with van der Waals surface area (Å²) in [6, 6.07) is 7.22. The molecule has 4 nitrogen and oxygen atoms in total. The van der Waals surface area contributed by atoms with Crippen molar-refractivity contribution >= 4 is 5.97 Å². The zero-order valence-electron chi connectivity index (χ0n) is 10.6. The van der Waals surface area contributed by atoms with E-state index < -0.39 is 0 Å². The smallest absolute Gasteiger partial charge is 0.337 e. The molecule has 4 heteroatoms. The molecule has 0 radical (unpaired) electrons. The number of benzene rings is 1. The molecule has 0 saturated carbocycles. The van der Waals surface area contributed by atoms with Gasteiger partial charge in [0, 0.05) is 6.61 Å². The van der Waals surface area contributed by atoms with Crippen LogP contribution in [0, 0.1) is 0 Å². The van der Waals surface area contributed by atoms with Gasteiger partial charge in [-0.3, -0.25) is 0 Å². The Morgan fingerprint density at radius 2 is 2.11 bits per heavy atom. The molecule has 98 valence electrons. The van der Waals surface area contributed by atoms with Crippen LogP contribution < -0.4 is 0 Å². The molecule has 0 aromatic heterocycles. The number of carbonyl (C=O) groups excluding carboxylic acids is 1. The largest absolute Gasteiger partial charge is 0.465 e. The van der Waals surface area contributed by atoms with Crippen LogP contribution in [0.4, 0.5) is 0 Å². The van der Waals surface area contributed by atoms with Crippen LogP contribution in [0.2, 0.25) is 0 Å². The number of methoxy groups -OCH3 is 1. The van der Waals surface area contributed by atoms with E-state index in [1.165, 1.54) is 7.11 Å². The number of carbonyl (C=O) groups is 1. The van der Waals surface area contributed by atoms with Crippen LogP contribution in [-0.4, -0.2) is 26.0 Å². The van der Waals surface area contributed by atoms with Gasteiger partial charge in [-0.25, -0.2) is 4.79 Å². The van der Waals surface area contributed by atoms with Crippen molar-refractivity contribution in [3.63, 3.8) is 0 Å². The minimum atomic E-state index is -0.321. The van der Waals surface area contributed by atoms with Crippen molar-refractivity contribution in [3.05, 3.63) is 35.4 Å². The summed E-state index contributed by atoms with van der Waals surface area (Å²) in [5, 5.41) is 0. The molecule has 1 aromatic rings. The number of ether oxygens (including phenoxy) is 3. The summed E-state index contributed by atoms with van der Waals surface area (Å²) in [6.07, 6.45) is 3.15. The molecule has 0 N–H and O–H groups in total. The highest BCUT2D eigenvalue weighted by atomic mass is 16.7. The van der Waals surface area contributed by atoms with Crippen LogP contribution >= 0.6 is 0 Å². The maximum Gasteiger partial charge on any atom is 0.337 e. The second kappa shape index (κ2) is 6.52. The SMILES string of the molecule is COC(=O)c1ccc(COC2CCCCO2)cc1. The van der Waals surface area contributed by atoms with Gasteiger partial charge in [-0.15, -0.1) is 0 Å². The summed E-state index contributed by atoms with van der Waals surface area (Å²) in [7, 11) is 1.37. The number of esters is 1. The topological polar surface area (TPSA) is 44.8 Å². The van der Waals surface area contributed by atoms with E-state index in [9.17, 15) is 4.79 Å². The van der Waals surface area contributed by atoms with E-state index >= 15 is 0 Å². The van der Waals surface area contributed by atoms with Gasteiger partial charge in [-0.2, -0.15) is 0 Å². The molecule has 0 spiro atoms. The van der Waals surface area contributed by atoms with Gasteiger partial charge in [0.2, 0.25) is 0 Å². The summed E-state index contributed by atoms with van der Waals surface area (Å²) in [5.41, 5.74) is 1.58. The fourth-order valence-electron chi connectivity index (χ4n) is 1.89. The highest BCUT2D eigenvalue weighted by Crippen LogP contribution is 2.16. The lowest BCUT2D eigenvalue weighted by molar-refractivity contribution is -0.168. The van der Waals surface area contributed by atoms with Crippen LogP contribution in [0.5, 0.6) is 0 Å². The van der Waals surface area contributed by atoms with Gasteiger partial charge in [0.15, 0.2) is 6.29 Å². The van der Waals surface area contributed by atoms with Crippen molar-refractivity contribution in [3.8, 4) is 0 Å². The van der Waals surface area contributed by atoms with E-state index in [0.29, 0.717) is 12.2 Å². The van der Waals surface area contributed by atoms with E-state index in [2.05, 4.69) is 4.74 Å². The first-order chi connectivity index (χ1) is 8.79. The lowest BCUT2D eigenvalue weighted by Crippen LogP contribution is -2.22. The summed E-state index contributed by atoms with van der Waals surface area (Å²) < 4.78 is 15.8. The van der Waals surface area contributed by atoms with Crippen LogP contribution in [0.25, 0.3) is 0 Å². The lowest BCUT2D eigenvalue weighted by Gasteiger charge is -2.22. The number of rotatable bonds is 4. The average Bonchev–Trinajstić information content (AvgIpc) is 2.46. The predicted octanol–water partition coefficient (Wildman–Crippen LogP) is 2.52. The molecule has 1 atom stereocenters. The van der Waals surface area contributed by atoms with Gasteiger partial charge in [-0.05, 0) is 37.0 Å². The summed E-state index contributed by atoms with van der Waals surface area (Å²) in [5.74, 6) is -0.321. The summed E-state index contributed by atoms with van der Waals surface area (Å²) in [6.45, 7) is 1.29. The van der Waals surface area contributed by atoms with Crippen molar-refractivity contribution in [2.45, 2.75) is 32.2 Å². The molecule has 2 rings (SSSR count). The van der Waals surface area contributed by atoms with Crippen LogP contribution in [0.3, 0.4) is 0 Å². The van der Waals surface area contributed by atoms with Crippen molar-refractivity contribution in [1.82, 2.24) is 0 Å². The monoisotopic (exact) mass is 250 g/mol. The number of hydrogen-bond donors (Lipinski definition) is 0. The molecule has 1 aliphatic heterocycles. The zero-order valence-corrected chi connectivity index (χ0v) is 10.6. The zero-order chi connectivity index (χ0) is 12.8. The van der Waals surface area contributed by atoms with E-state index in [1.807, 2.05) is 12.1 Å². The predicted molar refractivity (Wildman–Crippen MR) is 66.2 cm³/mol. The Kier molecular flexibility index (Phi) is 4.73. The van der Waals surface area contributed by atoms with E-state index in [-0.39, 0.29) is 12.3 Å². The first-order valence-corrected chi connectivity index (χ1v) is 6.20. The maximum absolute atomic E-state index is 11.3. The lowest BCUT2D eigenvalue weighted by atomic mass is 10.1. The molecule has 18 heavy (non-hydrogen) atoms. The standard InChI is InChI=1S/C14H18O4/c1-16-14(15)12-7-5-11(6-8-12)10-18-13-4-2-3-9-17-13/h5-8,13H,2-4,9-10H2,1H3. The average molecular weight is 250 g/mol. The second-order valence-corrected chi connectivity index (χ2v) is 4.30. The Morgan fingerprint density at radius 3 is 2.72 bits per heavy atom. The van der Waals surface area contributed by atoms with Crippen molar-refractivity contribution in [2.75, 3.05) is 13.7 Å². The van der Waals surface area contributed by atoms with Crippen molar-refractivity contribution < 1.29 is 19.0 Å². The van der Waals surface area contributed by atoms with Gasteiger partial charge in [0.05, 0.1) is 19.3 Å². The third-order valence-corrected chi connectivity index (χ3v) is 2.95. The first kappa shape index (κ1) is 13.1. The molecule has 0 amide bonds. The molecule has 1 aromatic carbocycles. The van der Waals surface area contributed by atoms with E-state index in [4.69, 9.17) is 9.47 Å². The Morgan fingerprint density at radius 1 is 1.33 bits per heavy atom. The van der Waals surface area contributed by atoms with Crippen molar-refractivity contribution in [1.29, 1.82) is 0 Å². The Hall–Kier alpha value is -1.39. The third kappa shape index (κ3) is 3.55. The molecular weight excluding hydrogens is 232 g/mol. The fourth-order valence-corrected chi connectivity index (χ4v) is 1.89. The molecular formula is C14H18O4. The third-order valence-electron chi connectivity index (χ3n) is 2.95. The highest BCUT2D eigenvalue weighted by Gasteiger charge is 2.14. The normalized spacial score (nSPS) is 19.5. The molecule has 1 fully saturated rings. The van der Waals surface area contributed by atoms with Crippen LogP contribution in [-0.2, 0) is 20.8 Å². The Labute approximate surface area is 107 Å². The molecule has 1 unspecified atom stereocenters. The molecule has 1 aliphatic rings. The maximum atomic E-state index is 11.3. The molecule has 1 heterocycles. The van der Waals surface area contributed by atoms with Gasteiger partial charge < -0.3 is 14.2 Å². The molecule has 1 saturated heterocycles. The minimum absolute atomic E-state index is 0.0842. The Balaban J connectivity index is 1.84. The van der Waals surface area contributed by atoms with E-state index in [0.717, 1.165) is 31.4 Å². The Bertz CT molecular complexity index is 379. The van der Waals surface area contributed by atoms with E-state index in [1.54, 1.807) is 12.1 Å². The van der Waals surface area contributed by atoms with Gasteiger partial charge in [-0.1, -0.05) is 12.1 Å². The summed E-state index contributed by atoms with van der Waals surface area (Å²) in [4.78, 5) is 11.3. The highest BCUT2D eigenvalue weighted by molar-refractivity contribution is 5.89. The van der Waals surface area contributed by atoms with Crippen LogP contribution in [0.1, 0.15) is 35.2 Å². The van der Waals surface area contributed by atoms with Crippen LogP contribution in [0.15, 0.2) is 24.3 Å². The molecule has 0 bridgehead atoms. The second-order valence-electron chi connectivity index (χ2n) is 4.30. The van der Waals surface area contributed by atoms with Gasteiger partial charge in [0.1, 0.15) is 0 Å². The quantitative estimate of drug-likeness (QED) is 0.770. The summed E-state index contributed by atoms with van der Waals surface area (Å²) >= 11 is 0. The first-order valence-electron chi connectivity index (χ1n) is 6.20.